The van der Waals surface area contributed by atoms with Crippen molar-refractivity contribution in [1.82, 2.24) is 0 Å². The Kier molecular flexibility index (Phi) is 3.53. The lowest BCUT2D eigenvalue weighted by Crippen LogP contribution is -2.32. The third-order valence-corrected chi connectivity index (χ3v) is 3.43. The van der Waals surface area contributed by atoms with E-state index in [2.05, 4.69) is 0 Å². The fourth-order valence-electron chi connectivity index (χ4n) is 1.94. The Morgan fingerprint density at radius 1 is 1.33 bits per heavy atom. The molecule has 0 spiro atoms. The normalized spacial score (nSPS) is 14.2. The molecule has 1 aromatic heterocycles. The molecule has 2 rings (SSSR count). The molecule has 1 atom stereocenters. The molecule has 0 radical (unpaired) electrons. The Morgan fingerprint density at radius 3 is 2.61 bits per heavy atom. The van der Waals surface area contributed by atoms with Crippen LogP contribution < -0.4 is 0 Å². The molecule has 0 aliphatic carbocycles. The minimum Gasteiger partial charge on any atom is -0.469 e. The molecule has 0 amide bonds. The quantitative estimate of drug-likeness (QED) is 0.790. The molecule has 2 nitrogen and oxygen atoms in total. The van der Waals surface area contributed by atoms with E-state index < -0.39 is 16.5 Å². The van der Waals surface area contributed by atoms with Gasteiger partial charge in [-0.05, 0) is 36.7 Å². The van der Waals surface area contributed by atoms with E-state index >= 15 is 0 Å². The summed E-state index contributed by atoms with van der Waals surface area (Å²) in [6.07, 6.45) is 1.74. The summed E-state index contributed by atoms with van der Waals surface area (Å²) < 4.78 is 19.0. The molecule has 1 aromatic carbocycles. The first kappa shape index (κ1) is 12.8. The Hall–Kier alpha value is -1.61. The molecule has 94 valence electrons. The number of hydrogen-bond acceptors (Lipinski definition) is 2. The third-order valence-electron chi connectivity index (χ3n) is 3.01. The summed E-state index contributed by atoms with van der Waals surface area (Å²) in [5, 5.41) is -0.607. The second-order valence-corrected chi connectivity index (χ2v) is 4.69. The first-order valence-corrected chi connectivity index (χ1v) is 5.89. The SMILES string of the molecule is CC(Cc1ccco1)(C(=O)Cl)c1ccccc1F. The molecule has 18 heavy (non-hydrogen) atoms. The van der Waals surface area contributed by atoms with E-state index in [0.29, 0.717) is 5.76 Å². The summed E-state index contributed by atoms with van der Waals surface area (Å²) in [5.74, 6) is 0.148. The fourth-order valence-corrected chi connectivity index (χ4v) is 2.11. The van der Waals surface area contributed by atoms with Crippen molar-refractivity contribution in [2.75, 3.05) is 0 Å². The predicted molar refractivity (Wildman–Crippen MR) is 67.0 cm³/mol. The van der Waals surface area contributed by atoms with Crippen LogP contribution in [0.5, 0.6) is 0 Å². The van der Waals surface area contributed by atoms with Crippen LogP contribution in [0.2, 0.25) is 0 Å². The zero-order valence-electron chi connectivity index (χ0n) is 9.82. The minimum atomic E-state index is -1.13. The van der Waals surface area contributed by atoms with Gasteiger partial charge in [-0.2, -0.15) is 0 Å². The van der Waals surface area contributed by atoms with Gasteiger partial charge >= 0.3 is 0 Å². The van der Waals surface area contributed by atoms with Gasteiger partial charge in [0.05, 0.1) is 11.7 Å². The maximum atomic E-state index is 13.8. The van der Waals surface area contributed by atoms with Gasteiger partial charge in [0.1, 0.15) is 11.6 Å². The highest BCUT2D eigenvalue weighted by molar-refractivity contribution is 6.65. The van der Waals surface area contributed by atoms with Crippen molar-refractivity contribution in [1.29, 1.82) is 0 Å². The number of halogens is 2. The summed E-state index contributed by atoms with van der Waals surface area (Å²) in [7, 11) is 0. The molecule has 0 saturated heterocycles. The number of hydrogen-bond donors (Lipinski definition) is 0. The number of carbonyl (C=O) groups excluding carboxylic acids is 1. The molecular weight excluding hydrogens is 255 g/mol. The van der Waals surface area contributed by atoms with Crippen LogP contribution in [-0.2, 0) is 16.6 Å². The predicted octanol–water partition coefficient (Wildman–Crippen LogP) is 3.68. The molecule has 0 N–H and O–H groups in total. The molecule has 0 aliphatic heterocycles. The van der Waals surface area contributed by atoms with Gasteiger partial charge in [-0.3, -0.25) is 4.79 Å². The lowest BCUT2D eigenvalue weighted by molar-refractivity contribution is -0.116. The van der Waals surface area contributed by atoms with Crippen LogP contribution in [0.3, 0.4) is 0 Å². The maximum absolute atomic E-state index is 13.8. The molecule has 4 heteroatoms. The van der Waals surface area contributed by atoms with Crippen LogP contribution in [0.1, 0.15) is 18.2 Å². The minimum absolute atomic E-state index is 0.225. The number of carbonyl (C=O) groups is 1. The Labute approximate surface area is 109 Å². The smallest absolute Gasteiger partial charge is 0.232 e. The largest absolute Gasteiger partial charge is 0.469 e. The van der Waals surface area contributed by atoms with Gasteiger partial charge in [0.2, 0.25) is 5.24 Å². The third kappa shape index (κ3) is 2.31. The molecule has 1 unspecified atom stereocenters. The van der Waals surface area contributed by atoms with Crippen LogP contribution in [-0.4, -0.2) is 5.24 Å². The van der Waals surface area contributed by atoms with Crippen LogP contribution >= 0.6 is 11.6 Å². The van der Waals surface area contributed by atoms with Crippen LogP contribution in [0, 0.1) is 5.82 Å². The van der Waals surface area contributed by atoms with Crippen molar-refractivity contribution in [3.8, 4) is 0 Å². The maximum Gasteiger partial charge on any atom is 0.232 e. The number of furan rings is 1. The topological polar surface area (TPSA) is 30.2 Å². The van der Waals surface area contributed by atoms with E-state index in [1.165, 1.54) is 12.3 Å². The molecule has 2 aromatic rings. The zero-order valence-corrected chi connectivity index (χ0v) is 10.6. The summed E-state index contributed by atoms with van der Waals surface area (Å²) in [4.78, 5) is 11.7. The first-order chi connectivity index (χ1) is 8.54. The van der Waals surface area contributed by atoms with E-state index in [1.54, 1.807) is 37.3 Å². The van der Waals surface area contributed by atoms with Gasteiger partial charge in [-0.15, -0.1) is 0 Å². The van der Waals surface area contributed by atoms with Crippen LogP contribution in [0.25, 0.3) is 0 Å². The van der Waals surface area contributed by atoms with E-state index in [0.717, 1.165) is 0 Å². The van der Waals surface area contributed by atoms with Crippen molar-refractivity contribution in [3.63, 3.8) is 0 Å². The van der Waals surface area contributed by atoms with Crippen molar-refractivity contribution < 1.29 is 13.6 Å². The standard InChI is InChI=1S/C14H12ClFO2/c1-14(13(15)17,9-10-5-4-8-18-10)11-6-2-3-7-12(11)16/h2-8H,9H2,1H3. The Morgan fingerprint density at radius 2 is 2.06 bits per heavy atom. The monoisotopic (exact) mass is 266 g/mol. The van der Waals surface area contributed by atoms with Crippen molar-refractivity contribution >= 4 is 16.8 Å². The Bertz CT molecular complexity index is 551. The highest BCUT2D eigenvalue weighted by Crippen LogP contribution is 2.32. The molecule has 0 bridgehead atoms. The molecule has 0 saturated carbocycles. The zero-order chi connectivity index (χ0) is 13.2. The van der Waals surface area contributed by atoms with E-state index in [-0.39, 0.29) is 12.0 Å². The van der Waals surface area contributed by atoms with Gasteiger partial charge in [-0.25, -0.2) is 4.39 Å². The molecule has 0 fully saturated rings. The molecule has 0 aliphatic rings. The second-order valence-electron chi connectivity index (χ2n) is 4.34. The Balaban J connectivity index is 2.45. The summed E-state index contributed by atoms with van der Waals surface area (Å²) in [5.41, 5.74) is -0.855. The lowest BCUT2D eigenvalue weighted by atomic mass is 9.79. The molecular formula is C14H12ClFO2. The van der Waals surface area contributed by atoms with Gasteiger partial charge in [-0.1, -0.05) is 18.2 Å². The second kappa shape index (κ2) is 4.94. The van der Waals surface area contributed by atoms with Crippen molar-refractivity contribution in [2.45, 2.75) is 18.8 Å². The van der Waals surface area contributed by atoms with Crippen LogP contribution in [0.15, 0.2) is 47.1 Å². The molecule has 1 heterocycles. The van der Waals surface area contributed by atoms with E-state index in [9.17, 15) is 9.18 Å². The van der Waals surface area contributed by atoms with Gasteiger partial charge in [0.15, 0.2) is 0 Å². The van der Waals surface area contributed by atoms with Gasteiger partial charge < -0.3 is 4.42 Å². The average molecular weight is 267 g/mol. The fraction of sp³-hybridized carbons (Fsp3) is 0.214. The van der Waals surface area contributed by atoms with Gasteiger partial charge in [0, 0.05) is 12.0 Å². The van der Waals surface area contributed by atoms with E-state index in [4.69, 9.17) is 16.0 Å². The van der Waals surface area contributed by atoms with Gasteiger partial charge in [0.25, 0.3) is 0 Å². The van der Waals surface area contributed by atoms with E-state index in [1.807, 2.05) is 0 Å². The lowest BCUT2D eigenvalue weighted by Gasteiger charge is -2.25. The van der Waals surface area contributed by atoms with Crippen molar-refractivity contribution in [2.24, 2.45) is 0 Å². The number of rotatable bonds is 4. The number of benzene rings is 1. The highest BCUT2D eigenvalue weighted by Gasteiger charge is 2.37. The van der Waals surface area contributed by atoms with Crippen LogP contribution in [0.4, 0.5) is 4.39 Å². The summed E-state index contributed by atoms with van der Waals surface area (Å²) >= 11 is 5.66. The summed E-state index contributed by atoms with van der Waals surface area (Å²) in [6.45, 7) is 1.61. The summed E-state index contributed by atoms with van der Waals surface area (Å²) in [6, 6.07) is 9.59. The first-order valence-electron chi connectivity index (χ1n) is 5.51. The van der Waals surface area contributed by atoms with Crippen molar-refractivity contribution in [3.05, 3.63) is 59.8 Å². The highest BCUT2D eigenvalue weighted by atomic mass is 35.5. The average Bonchev–Trinajstić information content (AvgIpc) is 2.81.